The normalized spacial score (nSPS) is 44.0. The van der Waals surface area contributed by atoms with Gasteiger partial charge in [0.25, 0.3) is 0 Å². The number of aliphatic hydroxyl groups is 1. The maximum absolute atomic E-state index is 13.2. The highest BCUT2D eigenvalue weighted by Gasteiger charge is 2.61. The van der Waals surface area contributed by atoms with Gasteiger partial charge in [0.1, 0.15) is 0 Å². The summed E-state index contributed by atoms with van der Waals surface area (Å²) in [5, 5.41) is 13.9. The van der Waals surface area contributed by atoms with Gasteiger partial charge in [-0.25, -0.2) is 0 Å². The molecule has 32 heavy (non-hydrogen) atoms. The van der Waals surface area contributed by atoms with Crippen LogP contribution >= 0.6 is 0 Å². The molecular weight excluding hydrogens is 412 g/mol. The molecule has 4 aliphatic rings. The Hall–Kier alpha value is -1.22. The third-order valence-corrected chi connectivity index (χ3v) is 8.88. The SMILES string of the molecule is COC[C@@H]1OC[C@@]2(C)[C@@H]3CC[C@@H](O)[C@@H](CC(=O)N4CC[C@H](NC(C)=O)C4)[C@]3(C)CC[C@H]2O1. The van der Waals surface area contributed by atoms with Gasteiger partial charge in [-0.3, -0.25) is 9.59 Å². The van der Waals surface area contributed by atoms with E-state index in [2.05, 4.69) is 19.2 Å². The zero-order chi connectivity index (χ0) is 23.1. The summed E-state index contributed by atoms with van der Waals surface area (Å²) in [6.07, 6.45) is 3.92. The van der Waals surface area contributed by atoms with Gasteiger partial charge in [0.2, 0.25) is 11.8 Å². The van der Waals surface area contributed by atoms with Gasteiger partial charge in [-0.1, -0.05) is 13.8 Å². The van der Waals surface area contributed by atoms with Crippen molar-refractivity contribution in [3.63, 3.8) is 0 Å². The van der Waals surface area contributed by atoms with Crippen LogP contribution in [0.3, 0.4) is 0 Å². The summed E-state index contributed by atoms with van der Waals surface area (Å²) in [4.78, 5) is 26.4. The standard InChI is InChI=1S/C24H40N2O6/c1-15(27)25-16-8-10-26(12-16)21(29)11-17-18(28)5-6-19-23(17,2)9-7-20-24(19,3)14-31-22(32-20)13-30-4/h16-20,22,28H,5-14H2,1-4H3,(H,25,27)/t16-,17+,18+,19+,20+,22+,23-,24-/m0/s1. The van der Waals surface area contributed by atoms with Crippen molar-refractivity contribution in [2.45, 2.75) is 83.8 Å². The van der Waals surface area contributed by atoms with Crippen LogP contribution in [-0.4, -0.2) is 79.8 Å². The predicted octanol–water partition coefficient (Wildman–Crippen LogP) is 1.69. The molecule has 4 fully saturated rings. The molecule has 0 bridgehead atoms. The van der Waals surface area contributed by atoms with E-state index in [-0.39, 0.29) is 47.0 Å². The fraction of sp³-hybridized carbons (Fsp3) is 0.917. The lowest BCUT2D eigenvalue weighted by Crippen LogP contribution is -2.63. The van der Waals surface area contributed by atoms with Gasteiger partial charge in [-0.15, -0.1) is 0 Å². The molecule has 0 aromatic carbocycles. The van der Waals surface area contributed by atoms with Crippen LogP contribution in [0.15, 0.2) is 0 Å². The molecule has 8 heteroatoms. The van der Waals surface area contributed by atoms with Gasteiger partial charge in [0.15, 0.2) is 6.29 Å². The van der Waals surface area contributed by atoms with E-state index in [1.807, 2.05) is 4.90 Å². The van der Waals surface area contributed by atoms with Crippen LogP contribution in [0, 0.1) is 22.7 Å². The number of ether oxygens (including phenoxy) is 3. The van der Waals surface area contributed by atoms with Crippen LogP contribution in [0.25, 0.3) is 0 Å². The summed E-state index contributed by atoms with van der Waals surface area (Å²) in [5.74, 6) is 0.275. The molecule has 0 spiro atoms. The van der Waals surface area contributed by atoms with Crippen molar-refractivity contribution < 1.29 is 28.9 Å². The quantitative estimate of drug-likeness (QED) is 0.659. The Labute approximate surface area is 191 Å². The van der Waals surface area contributed by atoms with Gasteiger partial charge in [0, 0.05) is 45.0 Å². The van der Waals surface area contributed by atoms with Crippen LogP contribution in [0.1, 0.15) is 59.3 Å². The first-order valence-corrected chi connectivity index (χ1v) is 12.2. The van der Waals surface area contributed by atoms with Crippen LogP contribution in [0.2, 0.25) is 0 Å². The minimum absolute atomic E-state index is 0.0296. The number of methoxy groups -OCH3 is 1. The third-order valence-electron chi connectivity index (χ3n) is 8.88. The smallest absolute Gasteiger partial charge is 0.223 e. The summed E-state index contributed by atoms with van der Waals surface area (Å²) in [6, 6.07) is 0.0296. The van der Waals surface area contributed by atoms with E-state index in [9.17, 15) is 14.7 Å². The monoisotopic (exact) mass is 452 g/mol. The van der Waals surface area contributed by atoms with E-state index in [4.69, 9.17) is 14.2 Å². The molecule has 8 nitrogen and oxygen atoms in total. The molecule has 2 aliphatic carbocycles. The van der Waals surface area contributed by atoms with Crippen LogP contribution in [-0.2, 0) is 23.8 Å². The average molecular weight is 453 g/mol. The second-order valence-electron chi connectivity index (χ2n) is 10.9. The first kappa shape index (κ1) is 23.9. The highest BCUT2D eigenvalue weighted by atomic mass is 16.7. The van der Waals surface area contributed by atoms with Crippen molar-refractivity contribution in [1.29, 1.82) is 0 Å². The Bertz CT molecular complexity index is 719. The molecule has 0 radical (unpaired) electrons. The van der Waals surface area contributed by atoms with Crippen molar-refractivity contribution in [2.75, 3.05) is 33.4 Å². The summed E-state index contributed by atoms with van der Waals surface area (Å²) in [7, 11) is 1.65. The Kier molecular flexibility index (Phi) is 6.88. The lowest BCUT2D eigenvalue weighted by molar-refractivity contribution is -0.316. The number of fused-ring (bicyclic) bond motifs is 3. The van der Waals surface area contributed by atoms with E-state index in [1.165, 1.54) is 6.92 Å². The first-order valence-electron chi connectivity index (χ1n) is 12.2. The number of rotatable bonds is 5. The molecule has 2 amide bonds. The second-order valence-corrected chi connectivity index (χ2v) is 10.9. The molecule has 4 rings (SSSR count). The average Bonchev–Trinajstić information content (AvgIpc) is 3.19. The zero-order valence-corrected chi connectivity index (χ0v) is 20.0. The minimum atomic E-state index is -0.472. The number of carbonyl (C=O) groups is 2. The maximum Gasteiger partial charge on any atom is 0.223 e. The number of nitrogens with zero attached hydrogens (tertiary/aromatic N) is 1. The Morgan fingerprint density at radius 2 is 1.97 bits per heavy atom. The minimum Gasteiger partial charge on any atom is -0.393 e. The van der Waals surface area contributed by atoms with E-state index in [1.54, 1.807) is 7.11 Å². The molecule has 0 aromatic rings. The molecule has 2 saturated carbocycles. The summed E-state index contributed by atoms with van der Waals surface area (Å²) in [5.41, 5.74) is -0.279. The largest absolute Gasteiger partial charge is 0.393 e. The van der Waals surface area contributed by atoms with E-state index in [0.29, 0.717) is 45.1 Å². The first-order chi connectivity index (χ1) is 15.2. The van der Waals surface area contributed by atoms with Gasteiger partial charge >= 0.3 is 0 Å². The topological polar surface area (TPSA) is 97.3 Å². The van der Waals surface area contributed by atoms with Crippen molar-refractivity contribution >= 4 is 11.8 Å². The lowest BCUT2D eigenvalue weighted by atomic mass is 9.46. The third kappa shape index (κ3) is 4.31. The van der Waals surface area contributed by atoms with Gasteiger partial charge in [-0.05, 0) is 49.4 Å². The Morgan fingerprint density at radius 1 is 1.19 bits per heavy atom. The Morgan fingerprint density at radius 3 is 2.69 bits per heavy atom. The number of nitrogens with one attached hydrogen (secondary N) is 1. The van der Waals surface area contributed by atoms with E-state index < -0.39 is 6.10 Å². The molecule has 2 aliphatic heterocycles. The van der Waals surface area contributed by atoms with Crippen LogP contribution in [0.5, 0.6) is 0 Å². The van der Waals surface area contributed by atoms with Crippen molar-refractivity contribution in [3.8, 4) is 0 Å². The molecule has 182 valence electrons. The fourth-order valence-corrected chi connectivity index (χ4v) is 7.22. The summed E-state index contributed by atoms with van der Waals surface area (Å²) in [6.45, 7) is 8.31. The molecular formula is C24H40N2O6. The van der Waals surface area contributed by atoms with Gasteiger partial charge in [0.05, 0.1) is 25.4 Å². The molecule has 2 N–H and O–H groups in total. The molecule has 2 heterocycles. The maximum atomic E-state index is 13.2. The molecule has 0 unspecified atom stereocenters. The van der Waals surface area contributed by atoms with Crippen molar-refractivity contribution in [2.24, 2.45) is 22.7 Å². The highest BCUT2D eigenvalue weighted by molar-refractivity contribution is 5.77. The van der Waals surface area contributed by atoms with E-state index >= 15 is 0 Å². The van der Waals surface area contributed by atoms with Crippen LogP contribution in [0.4, 0.5) is 0 Å². The zero-order valence-electron chi connectivity index (χ0n) is 20.0. The second kappa shape index (κ2) is 9.20. The van der Waals surface area contributed by atoms with Gasteiger partial charge < -0.3 is 29.5 Å². The molecule has 0 aromatic heterocycles. The lowest BCUT2D eigenvalue weighted by Gasteiger charge is -2.63. The van der Waals surface area contributed by atoms with Crippen molar-refractivity contribution in [3.05, 3.63) is 0 Å². The van der Waals surface area contributed by atoms with Crippen molar-refractivity contribution in [1.82, 2.24) is 10.2 Å². The van der Waals surface area contributed by atoms with Gasteiger partial charge in [-0.2, -0.15) is 0 Å². The fourth-order valence-electron chi connectivity index (χ4n) is 7.22. The van der Waals surface area contributed by atoms with E-state index in [0.717, 1.165) is 25.7 Å². The number of amides is 2. The number of hydrogen-bond donors (Lipinski definition) is 2. The number of aliphatic hydroxyl groups excluding tert-OH is 1. The highest BCUT2D eigenvalue weighted by Crippen LogP contribution is 2.62. The summed E-state index contributed by atoms with van der Waals surface area (Å²) >= 11 is 0. The summed E-state index contributed by atoms with van der Waals surface area (Å²) < 4.78 is 17.5. The molecule has 8 atom stereocenters. The Balaban J connectivity index is 1.46. The van der Waals surface area contributed by atoms with Crippen LogP contribution < -0.4 is 5.32 Å². The molecule has 2 saturated heterocycles. The predicted molar refractivity (Wildman–Crippen MR) is 118 cm³/mol. The number of carbonyl (C=O) groups excluding carboxylic acids is 2. The number of hydrogen-bond acceptors (Lipinski definition) is 6. The number of likely N-dealkylation sites (tertiary alicyclic amines) is 1.